The van der Waals surface area contributed by atoms with Gasteiger partial charge in [0.05, 0.1) is 20.0 Å². The highest BCUT2D eigenvalue weighted by molar-refractivity contribution is 5.48. The SMILES string of the molecule is COc1c(NC(C)C2CCOC2)nc[nH]c1=O. The minimum atomic E-state index is -0.278. The third-order valence-electron chi connectivity index (χ3n) is 3.05. The highest BCUT2D eigenvalue weighted by Crippen LogP contribution is 2.22. The van der Waals surface area contributed by atoms with Gasteiger partial charge in [0.25, 0.3) is 5.56 Å². The van der Waals surface area contributed by atoms with Crippen molar-refractivity contribution < 1.29 is 9.47 Å². The lowest BCUT2D eigenvalue weighted by molar-refractivity contribution is 0.183. The second-order valence-corrected chi connectivity index (χ2v) is 4.17. The summed E-state index contributed by atoms with van der Waals surface area (Å²) in [5.74, 6) is 1.15. The average molecular weight is 239 g/mol. The second kappa shape index (κ2) is 5.18. The predicted molar refractivity (Wildman–Crippen MR) is 63.4 cm³/mol. The summed E-state index contributed by atoms with van der Waals surface area (Å²) in [7, 11) is 1.46. The van der Waals surface area contributed by atoms with E-state index in [0.29, 0.717) is 11.7 Å². The Labute approximate surface area is 99.4 Å². The first-order valence-corrected chi connectivity index (χ1v) is 5.68. The van der Waals surface area contributed by atoms with Gasteiger partial charge in [-0.25, -0.2) is 4.98 Å². The number of aromatic nitrogens is 2. The highest BCUT2D eigenvalue weighted by atomic mass is 16.5. The van der Waals surface area contributed by atoms with E-state index >= 15 is 0 Å². The van der Waals surface area contributed by atoms with E-state index in [2.05, 4.69) is 22.2 Å². The maximum absolute atomic E-state index is 11.5. The number of H-pyrrole nitrogens is 1. The van der Waals surface area contributed by atoms with Crippen molar-refractivity contribution in [1.82, 2.24) is 9.97 Å². The first-order valence-electron chi connectivity index (χ1n) is 5.68. The Bertz CT molecular complexity index is 426. The van der Waals surface area contributed by atoms with E-state index in [1.807, 2.05) is 0 Å². The van der Waals surface area contributed by atoms with E-state index in [0.717, 1.165) is 19.6 Å². The molecule has 1 aliphatic heterocycles. The van der Waals surface area contributed by atoms with Gasteiger partial charge in [-0.15, -0.1) is 0 Å². The predicted octanol–water partition coefficient (Wildman–Crippen LogP) is 0.615. The van der Waals surface area contributed by atoms with Gasteiger partial charge in [-0.1, -0.05) is 0 Å². The van der Waals surface area contributed by atoms with Crippen molar-refractivity contribution in [3.63, 3.8) is 0 Å². The van der Waals surface area contributed by atoms with Crippen molar-refractivity contribution in [2.45, 2.75) is 19.4 Å². The lowest BCUT2D eigenvalue weighted by Gasteiger charge is -2.20. The van der Waals surface area contributed by atoms with Crippen molar-refractivity contribution >= 4 is 5.82 Å². The summed E-state index contributed by atoms with van der Waals surface area (Å²) in [5, 5.41) is 3.21. The number of hydrogen-bond acceptors (Lipinski definition) is 5. The molecule has 2 N–H and O–H groups in total. The number of aromatic amines is 1. The van der Waals surface area contributed by atoms with E-state index < -0.39 is 0 Å². The van der Waals surface area contributed by atoms with Crippen molar-refractivity contribution in [3.8, 4) is 5.75 Å². The summed E-state index contributed by atoms with van der Waals surface area (Å²) in [6.45, 7) is 3.61. The van der Waals surface area contributed by atoms with E-state index in [9.17, 15) is 4.79 Å². The van der Waals surface area contributed by atoms with Gasteiger partial charge >= 0.3 is 0 Å². The van der Waals surface area contributed by atoms with Crippen LogP contribution in [0.15, 0.2) is 11.1 Å². The number of methoxy groups -OCH3 is 1. The van der Waals surface area contributed by atoms with E-state index in [1.165, 1.54) is 13.4 Å². The molecule has 0 radical (unpaired) electrons. The summed E-state index contributed by atoms with van der Waals surface area (Å²) in [6.07, 6.45) is 2.39. The fourth-order valence-corrected chi connectivity index (χ4v) is 1.96. The summed E-state index contributed by atoms with van der Waals surface area (Å²) in [5.41, 5.74) is -0.278. The molecule has 0 aromatic carbocycles. The Morgan fingerprint density at radius 3 is 3.18 bits per heavy atom. The summed E-state index contributed by atoms with van der Waals surface area (Å²) in [4.78, 5) is 18.1. The van der Waals surface area contributed by atoms with E-state index in [1.54, 1.807) is 0 Å². The van der Waals surface area contributed by atoms with Crippen LogP contribution >= 0.6 is 0 Å². The van der Waals surface area contributed by atoms with Crippen LogP contribution in [0, 0.1) is 5.92 Å². The Balaban J connectivity index is 2.12. The molecule has 0 bridgehead atoms. The number of rotatable bonds is 4. The standard InChI is InChI=1S/C11H17N3O3/c1-7(8-3-4-17-5-8)14-10-9(16-2)11(15)13-6-12-10/h6-8H,3-5H2,1-2H3,(H2,12,13,14,15). The molecule has 2 unspecified atom stereocenters. The fraction of sp³-hybridized carbons (Fsp3) is 0.636. The van der Waals surface area contributed by atoms with Crippen LogP contribution in [0.1, 0.15) is 13.3 Å². The zero-order chi connectivity index (χ0) is 12.3. The molecular weight excluding hydrogens is 222 g/mol. The molecule has 1 aliphatic rings. The molecule has 17 heavy (non-hydrogen) atoms. The van der Waals surface area contributed by atoms with Gasteiger partial charge in [0.15, 0.2) is 5.82 Å². The second-order valence-electron chi connectivity index (χ2n) is 4.17. The maximum atomic E-state index is 11.5. The minimum absolute atomic E-state index is 0.195. The quantitative estimate of drug-likeness (QED) is 0.805. The molecule has 1 fully saturated rings. The third-order valence-corrected chi connectivity index (χ3v) is 3.05. The van der Waals surface area contributed by atoms with Gasteiger partial charge in [-0.05, 0) is 13.3 Å². The number of anilines is 1. The van der Waals surface area contributed by atoms with Crippen LogP contribution in [0.3, 0.4) is 0 Å². The zero-order valence-corrected chi connectivity index (χ0v) is 10.0. The lowest BCUT2D eigenvalue weighted by Crippen LogP contribution is -2.28. The van der Waals surface area contributed by atoms with Gasteiger partial charge in [0.2, 0.25) is 5.75 Å². The van der Waals surface area contributed by atoms with Crippen molar-refractivity contribution in [2.75, 3.05) is 25.6 Å². The van der Waals surface area contributed by atoms with Crippen LogP contribution in [0.5, 0.6) is 5.75 Å². The Morgan fingerprint density at radius 2 is 2.53 bits per heavy atom. The molecule has 6 heteroatoms. The van der Waals surface area contributed by atoms with Crippen LogP contribution < -0.4 is 15.6 Å². The van der Waals surface area contributed by atoms with Crippen LogP contribution in [0.25, 0.3) is 0 Å². The van der Waals surface area contributed by atoms with Crippen LogP contribution in [-0.4, -0.2) is 36.3 Å². The van der Waals surface area contributed by atoms with Crippen molar-refractivity contribution in [1.29, 1.82) is 0 Å². The molecule has 1 saturated heterocycles. The first kappa shape index (κ1) is 11.9. The number of hydrogen-bond donors (Lipinski definition) is 2. The molecule has 2 rings (SSSR count). The highest BCUT2D eigenvalue weighted by Gasteiger charge is 2.23. The Morgan fingerprint density at radius 1 is 1.71 bits per heavy atom. The molecular formula is C11H17N3O3. The molecule has 1 aromatic heterocycles. The number of nitrogens with one attached hydrogen (secondary N) is 2. The molecule has 0 saturated carbocycles. The molecule has 2 atom stereocenters. The zero-order valence-electron chi connectivity index (χ0n) is 10.0. The van der Waals surface area contributed by atoms with E-state index in [-0.39, 0.29) is 17.4 Å². The average Bonchev–Trinajstić information content (AvgIpc) is 2.82. The number of nitrogens with zero attached hydrogens (tertiary/aromatic N) is 1. The van der Waals surface area contributed by atoms with E-state index in [4.69, 9.17) is 9.47 Å². The van der Waals surface area contributed by atoms with Gasteiger partial charge < -0.3 is 19.8 Å². The normalized spacial score (nSPS) is 21.2. The lowest BCUT2D eigenvalue weighted by atomic mass is 10.0. The number of ether oxygens (including phenoxy) is 2. The molecule has 6 nitrogen and oxygen atoms in total. The van der Waals surface area contributed by atoms with Crippen LogP contribution in [0.2, 0.25) is 0 Å². The summed E-state index contributed by atoms with van der Waals surface area (Å²) >= 11 is 0. The molecule has 0 spiro atoms. The van der Waals surface area contributed by atoms with Crippen molar-refractivity contribution in [3.05, 3.63) is 16.7 Å². The molecule has 1 aromatic rings. The molecule has 0 amide bonds. The molecule has 0 aliphatic carbocycles. The van der Waals surface area contributed by atoms with Crippen molar-refractivity contribution in [2.24, 2.45) is 5.92 Å². The fourth-order valence-electron chi connectivity index (χ4n) is 1.96. The monoisotopic (exact) mass is 239 g/mol. The van der Waals surface area contributed by atoms with Crippen LogP contribution in [0.4, 0.5) is 5.82 Å². The summed E-state index contributed by atoms with van der Waals surface area (Å²) < 4.78 is 10.4. The van der Waals surface area contributed by atoms with Gasteiger partial charge in [0.1, 0.15) is 0 Å². The topological polar surface area (TPSA) is 76.2 Å². The first-order chi connectivity index (χ1) is 8.22. The molecule has 94 valence electrons. The maximum Gasteiger partial charge on any atom is 0.295 e. The summed E-state index contributed by atoms with van der Waals surface area (Å²) in [6, 6.07) is 0.195. The minimum Gasteiger partial charge on any atom is -0.489 e. The van der Waals surface area contributed by atoms with Gasteiger partial charge in [-0.3, -0.25) is 4.79 Å². The Kier molecular flexibility index (Phi) is 3.63. The van der Waals surface area contributed by atoms with Gasteiger partial charge in [-0.2, -0.15) is 0 Å². The third kappa shape index (κ3) is 2.58. The van der Waals surface area contributed by atoms with Crippen LogP contribution in [-0.2, 0) is 4.74 Å². The Hall–Kier alpha value is -1.56. The van der Waals surface area contributed by atoms with Gasteiger partial charge in [0, 0.05) is 18.6 Å². The largest absolute Gasteiger partial charge is 0.489 e. The smallest absolute Gasteiger partial charge is 0.295 e. The molecule has 2 heterocycles.